The molecule has 20 heavy (non-hydrogen) atoms. The molecular weight excluding hydrogens is 276 g/mol. The van der Waals surface area contributed by atoms with Crippen molar-refractivity contribution in [1.29, 1.82) is 0 Å². The third kappa shape index (κ3) is 3.21. The van der Waals surface area contributed by atoms with Crippen molar-refractivity contribution in [3.8, 4) is 0 Å². The largest absolute Gasteiger partial charge is 0.310 e. The maximum absolute atomic E-state index is 12.7. The van der Waals surface area contributed by atoms with E-state index in [4.69, 9.17) is 0 Å². The number of aromatic amines is 1. The van der Waals surface area contributed by atoms with E-state index in [2.05, 4.69) is 15.5 Å². The van der Waals surface area contributed by atoms with Crippen LogP contribution in [0.15, 0.2) is 11.2 Å². The van der Waals surface area contributed by atoms with Crippen LogP contribution in [0.4, 0.5) is 0 Å². The Morgan fingerprint density at radius 3 is 2.65 bits per heavy atom. The number of aromatic nitrogens is 2. The van der Waals surface area contributed by atoms with E-state index in [1.54, 1.807) is 13.2 Å². The van der Waals surface area contributed by atoms with Crippen molar-refractivity contribution >= 4 is 10.0 Å². The second-order valence-corrected chi connectivity index (χ2v) is 7.31. The van der Waals surface area contributed by atoms with Crippen LogP contribution >= 0.6 is 0 Å². The molecule has 114 valence electrons. The quantitative estimate of drug-likeness (QED) is 0.762. The molecule has 2 rings (SSSR count). The zero-order valence-electron chi connectivity index (χ0n) is 12.4. The van der Waals surface area contributed by atoms with Crippen molar-refractivity contribution in [3.63, 3.8) is 0 Å². The van der Waals surface area contributed by atoms with Gasteiger partial charge >= 0.3 is 0 Å². The standard InChI is InChI=1S/C13H24N4O2S/c1-4-12(5-2)17(3)20(18,19)13-10(9-15-16-13)8-14-11-6-7-11/h9,11-12,14H,4-8H2,1-3H3,(H,15,16). The van der Waals surface area contributed by atoms with Crippen LogP contribution in [0.2, 0.25) is 0 Å². The zero-order chi connectivity index (χ0) is 14.8. The first-order valence-electron chi connectivity index (χ1n) is 7.24. The molecule has 0 spiro atoms. The van der Waals surface area contributed by atoms with Gasteiger partial charge in [0.1, 0.15) is 0 Å². The first-order chi connectivity index (χ1) is 9.50. The molecule has 2 N–H and O–H groups in total. The molecule has 1 aromatic heterocycles. The average Bonchev–Trinajstić information content (AvgIpc) is 3.13. The van der Waals surface area contributed by atoms with Gasteiger partial charge in [-0.1, -0.05) is 13.8 Å². The molecule has 0 saturated heterocycles. The maximum Gasteiger partial charge on any atom is 0.260 e. The van der Waals surface area contributed by atoms with Crippen LogP contribution in [0.3, 0.4) is 0 Å². The summed E-state index contributed by atoms with van der Waals surface area (Å²) in [6.07, 6.45) is 5.55. The van der Waals surface area contributed by atoms with E-state index in [1.165, 1.54) is 17.1 Å². The minimum absolute atomic E-state index is 0.0209. The number of sulfonamides is 1. The minimum Gasteiger partial charge on any atom is -0.310 e. The summed E-state index contributed by atoms with van der Waals surface area (Å²) in [5.74, 6) is 0. The maximum atomic E-state index is 12.7. The second-order valence-electron chi connectivity index (χ2n) is 5.37. The summed E-state index contributed by atoms with van der Waals surface area (Å²) < 4.78 is 26.8. The van der Waals surface area contributed by atoms with Crippen LogP contribution in [-0.2, 0) is 16.6 Å². The minimum atomic E-state index is -3.50. The highest BCUT2D eigenvalue weighted by molar-refractivity contribution is 7.89. The summed E-state index contributed by atoms with van der Waals surface area (Å²) in [5.41, 5.74) is 0.717. The molecule has 1 fully saturated rings. The van der Waals surface area contributed by atoms with Crippen LogP contribution in [0.25, 0.3) is 0 Å². The molecule has 1 heterocycles. The number of hydrogen-bond acceptors (Lipinski definition) is 4. The lowest BCUT2D eigenvalue weighted by atomic mass is 10.2. The summed E-state index contributed by atoms with van der Waals surface area (Å²) in [6, 6.07) is 0.560. The Morgan fingerprint density at radius 2 is 2.10 bits per heavy atom. The van der Waals surface area contributed by atoms with Crippen molar-refractivity contribution < 1.29 is 8.42 Å². The predicted octanol–water partition coefficient (Wildman–Crippen LogP) is 1.47. The molecule has 1 aliphatic carbocycles. The lowest BCUT2D eigenvalue weighted by Gasteiger charge is -2.25. The molecule has 0 aromatic carbocycles. The molecule has 7 heteroatoms. The van der Waals surface area contributed by atoms with Gasteiger partial charge in [0, 0.05) is 31.2 Å². The highest BCUT2D eigenvalue weighted by Crippen LogP contribution is 2.23. The first-order valence-corrected chi connectivity index (χ1v) is 8.68. The van der Waals surface area contributed by atoms with Crippen molar-refractivity contribution in [2.24, 2.45) is 0 Å². The van der Waals surface area contributed by atoms with Gasteiger partial charge in [-0.2, -0.15) is 9.40 Å². The monoisotopic (exact) mass is 300 g/mol. The molecule has 0 unspecified atom stereocenters. The average molecular weight is 300 g/mol. The Balaban J connectivity index is 2.17. The van der Waals surface area contributed by atoms with Crippen LogP contribution in [0.5, 0.6) is 0 Å². The van der Waals surface area contributed by atoms with Gasteiger partial charge in [0.2, 0.25) is 0 Å². The van der Waals surface area contributed by atoms with E-state index in [9.17, 15) is 8.42 Å². The number of hydrogen-bond donors (Lipinski definition) is 2. The Hall–Kier alpha value is -0.920. The molecule has 0 atom stereocenters. The fraction of sp³-hybridized carbons (Fsp3) is 0.769. The lowest BCUT2D eigenvalue weighted by molar-refractivity contribution is 0.348. The van der Waals surface area contributed by atoms with Crippen molar-refractivity contribution in [2.45, 2.75) is 63.2 Å². The van der Waals surface area contributed by atoms with Gasteiger partial charge in [0.15, 0.2) is 5.03 Å². The first kappa shape index (κ1) is 15.5. The second kappa shape index (κ2) is 6.24. The van der Waals surface area contributed by atoms with Crippen molar-refractivity contribution in [1.82, 2.24) is 19.8 Å². The molecule has 1 aromatic rings. The SMILES string of the molecule is CCC(CC)N(C)S(=O)(=O)c1[nH]ncc1CNC1CC1. The van der Waals surface area contributed by atoms with E-state index >= 15 is 0 Å². The summed E-state index contributed by atoms with van der Waals surface area (Å²) in [5, 5.41) is 10.1. The molecule has 6 nitrogen and oxygen atoms in total. The lowest BCUT2D eigenvalue weighted by Crippen LogP contribution is -2.37. The highest BCUT2D eigenvalue weighted by Gasteiger charge is 2.30. The summed E-state index contributed by atoms with van der Waals surface area (Å²) in [7, 11) is -1.86. The number of nitrogens with one attached hydrogen (secondary N) is 2. The normalized spacial score (nSPS) is 16.2. The van der Waals surface area contributed by atoms with Gasteiger partial charge in [0.25, 0.3) is 10.0 Å². The van der Waals surface area contributed by atoms with Crippen LogP contribution in [0, 0.1) is 0 Å². The van der Waals surface area contributed by atoms with Crippen LogP contribution < -0.4 is 5.32 Å². The van der Waals surface area contributed by atoms with E-state index < -0.39 is 10.0 Å². The molecule has 1 saturated carbocycles. The summed E-state index contributed by atoms with van der Waals surface area (Å²) in [4.78, 5) is 0. The van der Waals surface area contributed by atoms with Crippen LogP contribution in [-0.4, -0.2) is 42.1 Å². The summed E-state index contributed by atoms with van der Waals surface area (Å²) in [6.45, 7) is 4.55. The van der Waals surface area contributed by atoms with Gasteiger partial charge in [-0.3, -0.25) is 5.10 Å². The summed E-state index contributed by atoms with van der Waals surface area (Å²) >= 11 is 0. The predicted molar refractivity (Wildman–Crippen MR) is 77.8 cm³/mol. The van der Waals surface area contributed by atoms with Crippen molar-refractivity contribution in [3.05, 3.63) is 11.8 Å². The van der Waals surface area contributed by atoms with Gasteiger partial charge in [-0.05, 0) is 25.7 Å². The number of H-pyrrole nitrogens is 1. The topological polar surface area (TPSA) is 78.1 Å². The van der Waals surface area contributed by atoms with Crippen molar-refractivity contribution in [2.75, 3.05) is 7.05 Å². The van der Waals surface area contributed by atoms with Crippen LogP contribution in [0.1, 0.15) is 45.1 Å². The molecule has 0 amide bonds. The molecular formula is C13H24N4O2S. The van der Waals surface area contributed by atoms with E-state index in [-0.39, 0.29) is 11.1 Å². The molecule has 0 aliphatic heterocycles. The molecule has 0 radical (unpaired) electrons. The Bertz CT molecular complexity index is 532. The zero-order valence-corrected chi connectivity index (χ0v) is 13.2. The fourth-order valence-electron chi connectivity index (χ4n) is 2.33. The van der Waals surface area contributed by atoms with E-state index in [0.29, 0.717) is 12.6 Å². The Morgan fingerprint density at radius 1 is 1.45 bits per heavy atom. The third-order valence-corrected chi connectivity index (χ3v) is 5.86. The smallest absolute Gasteiger partial charge is 0.260 e. The fourth-order valence-corrected chi connectivity index (χ4v) is 3.94. The Kier molecular flexibility index (Phi) is 4.82. The highest BCUT2D eigenvalue weighted by atomic mass is 32.2. The Labute approximate surface area is 121 Å². The number of rotatable bonds is 8. The van der Waals surface area contributed by atoms with Gasteiger partial charge in [0.05, 0.1) is 6.20 Å². The third-order valence-electron chi connectivity index (χ3n) is 3.93. The van der Waals surface area contributed by atoms with Gasteiger partial charge in [-0.25, -0.2) is 8.42 Å². The van der Waals surface area contributed by atoms with E-state index in [1.807, 2.05) is 13.8 Å². The number of nitrogens with zero attached hydrogens (tertiary/aromatic N) is 2. The molecule has 1 aliphatic rings. The van der Waals surface area contributed by atoms with Gasteiger partial charge < -0.3 is 5.32 Å². The van der Waals surface area contributed by atoms with E-state index in [0.717, 1.165) is 18.4 Å². The van der Waals surface area contributed by atoms with Gasteiger partial charge in [-0.15, -0.1) is 0 Å². The molecule has 0 bridgehead atoms.